The van der Waals surface area contributed by atoms with Crippen molar-refractivity contribution in [3.63, 3.8) is 0 Å². The molecule has 1 aliphatic carbocycles. The summed E-state index contributed by atoms with van der Waals surface area (Å²) in [5.41, 5.74) is 4.70. The number of alkyl carbamates (subject to hydrolysis) is 1. The fourth-order valence-corrected chi connectivity index (χ4v) is 4.29. The van der Waals surface area contributed by atoms with Gasteiger partial charge in [-0.15, -0.1) is 0 Å². The molecule has 0 aliphatic heterocycles. The highest BCUT2D eigenvalue weighted by Gasteiger charge is 2.29. The molecule has 1 aliphatic rings. The summed E-state index contributed by atoms with van der Waals surface area (Å²) < 4.78 is 5.56. The van der Waals surface area contributed by atoms with E-state index >= 15 is 0 Å². The van der Waals surface area contributed by atoms with Gasteiger partial charge in [0.15, 0.2) is 0 Å². The number of carboxylic acids is 1. The molecule has 2 atom stereocenters. The van der Waals surface area contributed by atoms with E-state index in [2.05, 4.69) is 34.9 Å². The van der Waals surface area contributed by atoms with Gasteiger partial charge in [-0.1, -0.05) is 55.5 Å². The van der Waals surface area contributed by atoms with Crippen molar-refractivity contribution < 1.29 is 24.2 Å². The molecule has 3 rings (SSSR count). The van der Waals surface area contributed by atoms with Gasteiger partial charge in [0, 0.05) is 24.4 Å². The van der Waals surface area contributed by atoms with Crippen molar-refractivity contribution >= 4 is 18.0 Å². The third kappa shape index (κ3) is 6.57. The lowest BCUT2D eigenvalue weighted by Crippen LogP contribution is -2.36. The lowest BCUT2D eigenvalue weighted by Gasteiger charge is -2.18. The van der Waals surface area contributed by atoms with Crippen molar-refractivity contribution in [2.24, 2.45) is 0 Å². The molecule has 2 amide bonds. The van der Waals surface area contributed by atoms with Crippen molar-refractivity contribution in [3.05, 3.63) is 59.7 Å². The fraction of sp³-hybridized carbons (Fsp3) is 0.423. The standard InChI is InChI=1S/C26H32N2O5/c1-3-18(15-25(30)31)28-24(29)14-8-9-17(2)27-26(32)33-16-23-21-12-6-4-10-19(21)20-11-5-7-13-22(20)23/h4-7,10-13,17-18,23H,3,8-9,14-16H2,1-2H3,(H,27,32)(H,28,29)(H,30,31)/t17?,18-/m1/s1. The molecule has 0 aromatic heterocycles. The Morgan fingerprint density at radius 3 is 2.18 bits per heavy atom. The molecule has 1 unspecified atom stereocenters. The summed E-state index contributed by atoms with van der Waals surface area (Å²) in [6.07, 6.45) is 1.50. The Hall–Kier alpha value is -3.35. The van der Waals surface area contributed by atoms with Crippen molar-refractivity contribution in [1.82, 2.24) is 10.6 Å². The average molecular weight is 453 g/mol. The largest absolute Gasteiger partial charge is 0.481 e. The van der Waals surface area contributed by atoms with E-state index in [9.17, 15) is 14.4 Å². The molecule has 0 heterocycles. The third-order valence-electron chi connectivity index (χ3n) is 6.03. The number of rotatable bonds is 11. The Kier molecular flexibility index (Phi) is 8.46. The second-order valence-corrected chi connectivity index (χ2v) is 8.53. The average Bonchev–Trinajstić information content (AvgIpc) is 3.10. The Morgan fingerprint density at radius 2 is 1.61 bits per heavy atom. The van der Waals surface area contributed by atoms with Crippen LogP contribution in [0.4, 0.5) is 4.79 Å². The second-order valence-electron chi connectivity index (χ2n) is 8.53. The summed E-state index contributed by atoms with van der Waals surface area (Å²) in [6.45, 7) is 3.98. The summed E-state index contributed by atoms with van der Waals surface area (Å²) in [7, 11) is 0. The number of amides is 2. The maximum Gasteiger partial charge on any atom is 0.407 e. The van der Waals surface area contributed by atoms with E-state index in [1.165, 1.54) is 22.3 Å². The highest BCUT2D eigenvalue weighted by molar-refractivity contribution is 5.79. The zero-order valence-corrected chi connectivity index (χ0v) is 19.2. The quantitative estimate of drug-likeness (QED) is 0.467. The minimum atomic E-state index is -0.928. The number of nitrogens with one attached hydrogen (secondary N) is 2. The van der Waals surface area contributed by atoms with Crippen molar-refractivity contribution in [3.8, 4) is 11.1 Å². The first-order valence-electron chi connectivity index (χ1n) is 11.5. The lowest BCUT2D eigenvalue weighted by molar-refractivity contribution is -0.137. The van der Waals surface area contributed by atoms with Gasteiger partial charge < -0.3 is 20.5 Å². The molecule has 7 heteroatoms. The van der Waals surface area contributed by atoms with Crippen LogP contribution in [0.15, 0.2) is 48.5 Å². The van der Waals surface area contributed by atoms with Gasteiger partial charge in [-0.25, -0.2) is 4.79 Å². The van der Waals surface area contributed by atoms with Crippen LogP contribution in [-0.4, -0.2) is 41.8 Å². The number of benzene rings is 2. The summed E-state index contributed by atoms with van der Waals surface area (Å²) in [5, 5.41) is 14.4. The van der Waals surface area contributed by atoms with Gasteiger partial charge in [-0.3, -0.25) is 9.59 Å². The van der Waals surface area contributed by atoms with E-state index in [0.717, 1.165) is 0 Å². The summed E-state index contributed by atoms with van der Waals surface area (Å²) in [5.74, 6) is -1.08. The van der Waals surface area contributed by atoms with E-state index in [-0.39, 0.29) is 43.4 Å². The number of aliphatic carboxylic acids is 1. The van der Waals surface area contributed by atoms with Crippen LogP contribution in [0.25, 0.3) is 11.1 Å². The molecule has 176 valence electrons. The van der Waals surface area contributed by atoms with Gasteiger partial charge in [-0.2, -0.15) is 0 Å². The van der Waals surface area contributed by atoms with Gasteiger partial charge in [0.05, 0.1) is 6.42 Å². The Balaban J connectivity index is 1.41. The molecule has 7 nitrogen and oxygen atoms in total. The molecule has 0 fully saturated rings. The van der Waals surface area contributed by atoms with E-state index in [1.807, 2.05) is 38.1 Å². The topological polar surface area (TPSA) is 105 Å². The van der Waals surface area contributed by atoms with E-state index in [0.29, 0.717) is 19.3 Å². The second kappa shape index (κ2) is 11.5. The number of carboxylic acid groups (broad SMARTS) is 1. The van der Waals surface area contributed by atoms with E-state index in [4.69, 9.17) is 9.84 Å². The molecule has 0 saturated carbocycles. The van der Waals surface area contributed by atoms with Gasteiger partial charge in [-0.05, 0) is 48.4 Å². The zero-order chi connectivity index (χ0) is 23.8. The first-order valence-corrected chi connectivity index (χ1v) is 11.5. The molecule has 33 heavy (non-hydrogen) atoms. The van der Waals surface area contributed by atoms with Crippen LogP contribution in [0, 0.1) is 0 Å². The molecule has 0 radical (unpaired) electrons. The summed E-state index contributed by atoms with van der Waals surface area (Å²) in [6, 6.07) is 15.9. The minimum absolute atomic E-state index is 0.0134. The molecular formula is C26H32N2O5. The molecule has 0 saturated heterocycles. The normalized spacial score (nSPS) is 14.0. The monoisotopic (exact) mass is 452 g/mol. The zero-order valence-electron chi connectivity index (χ0n) is 19.2. The first-order chi connectivity index (χ1) is 15.9. The van der Waals surface area contributed by atoms with Gasteiger partial charge in [0.1, 0.15) is 6.61 Å². The van der Waals surface area contributed by atoms with Crippen LogP contribution >= 0.6 is 0 Å². The lowest BCUT2D eigenvalue weighted by atomic mass is 9.98. The maximum atomic E-state index is 12.3. The highest BCUT2D eigenvalue weighted by Crippen LogP contribution is 2.44. The molecule has 0 bridgehead atoms. The van der Waals surface area contributed by atoms with Gasteiger partial charge in [0.25, 0.3) is 0 Å². The number of hydrogen-bond acceptors (Lipinski definition) is 4. The van der Waals surface area contributed by atoms with E-state index < -0.39 is 12.1 Å². The SMILES string of the molecule is CC[C@H](CC(=O)O)NC(=O)CCCC(C)NC(=O)OCC1c2ccccc2-c2ccccc21. The number of hydrogen-bond donors (Lipinski definition) is 3. The third-order valence-corrected chi connectivity index (χ3v) is 6.03. The van der Waals surface area contributed by atoms with Crippen molar-refractivity contribution in [1.29, 1.82) is 0 Å². The van der Waals surface area contributed by atoms with Crippen LogP contribution in [0.1, 0.15) is 63.0 Å². The van der Waals surface area contributed by atoms with Crippen molar-refractivity contribution in [2.75, 3.05) is 6.61 Å². The van der Waals surface area contributed by atoms with Gasteiger partial charge >= 0.3 is 12.1 Å². The molecule has 2 aromatic carbocycles. The molecule has 2 aromatic rings. The van der Waals surface area contributed by atoms with E-state index in [1.54, 1.807) is 0 Å². The Bertz CT molecular complexity index is 945. The summed E-state index contributed by atoms with van der Waals surface area (Å²) in [4.78, 5) is 35.2. The number of fused-ring (bicyclic) bond motifs is 3. The number of ether oxygens (including phenoxy) is 1. The fourth-order valence-electron chi connectivity index (χ4n) is 4.29. The summed E-state index contributed by atoms with van der Waals surface area (Å²) >= 11 is 0. The van der Waals surface area contributed by atoms with Crippen LogP contribution < -0.4 is 10.6 Å². The van der Waals surface area contributed by atoms with Crippen LogP contribution in [0.3, 0.4) is 0 Å². The molecule has 3 N–H and O–H groups in total. The predicted molar refractivity (Wildman–Crippen MR) is 126 cm³/mol. The minimum Gasteiger partial charge on any atom is -0.481 e. The Morgan fingerprint density at radius 1 is 1.00 bits per heavy atom. The predicted octanol–water partition coefficient (Wildman–Crippen LogP) is 4.45. The number of carbonyl (C=O) groups excluding carboxylic acids is 2. The van der Waals surface area contributed by atoms with Crippen LogP contribution in [-0.2, 0) is 14.3 Å². The molecular weight excluding hydrogens is 420 g/mol. The van der Waals surface area contributed by atoms with Crippen molar-refractivity contribution in [2.45, 2.75) is 64.0 Å². The maximum absolute atomic E-state index is 12.3. The van der Waals surface area contributed by atoms with Crippen LogP contribution in [0.5, 0.6) is 0 Å². The highest BCUT2D eigenvalue weighted by atomic mass is 16.5. The molecule has 0 spiro atoms. The van der Waals surface area contributed by atoms with Gasteiger partial charge in [0.2, 0.25) is 5.91 Å². The first kappa shape index (κ1) is 24.3. The Labute approximate surface area is 194 Å². The smallest absolute Gasteiger partial charge is 0.407 e. The van der Waals surface area contributed by atoms with Crippen LogP contribution in [0.2, 0.25) is 0 Å². The number of carbonyl (C=O) groups is 3.